The molecule has 0 amide bonds. The van der Waals surface area contributed by atoms with Gasteiger partial charge in [0.2, 0.25) is 0 Å². The van der Waals surface area contributed by atoms with Crippen molar-refractivity contribution in [3.63, 3.8) is 0 Å². The maximum absolute atomic E-state index is 2.12. The molecular formula is C8H10LiN. The Morgan fingerprint density at radius 3 is 2.00 bits per heavy atom. The molecule has 0 bridgehead atoms. The van der Waals surface area contributed by atoms with Crippen molar-refractivity contribution in [1.82, 2.24) is 0 Å². The Morgan fingerprint density at radius 2 is 1.60 bits per heavy atom. The monoisotopic (exact) mass is 127 g/mol. The topological polar surface area (TPSA) is 3.24 Å². The number of rotatable bonds is 1. The predicted octanol–water partition coefficient (Wildman–Crippen LogP) is 0.546. The Bertz CT molecular complexity index is 203. The van der Waals surface area contributed by atoms with Crippen LogP contribution in [0.5, 0.6) is 0 Å². The number of nitrogens with zero attached hydrogens (tertiary/aromatic N) is 1. The molecule has 1 aromatic carbocycles. The average Bonchev–Trinajstić information content (AvgIpc) is 1.88. The van der Waals surface area contributed by atoms with Crippen molar-refractivity contribution in [1.29, 1.82) is 0 Å². The van der Waals surface area contributed by atoms with Crippen molar-refractivity contribution in [2.75, 3.05) is 19.0 Å². The molecule has 0 aliphatic rings. The fourth-order valence-electron chi connectivity index (χ4n) is 0.843. The summed E-state index contributed by atoms with van der Waals surface area (Å²) in [5.41, 5.74) is 1.26. The molecule has 0 aliphatic heterocycles. The summed E-state index contributed by atoms with van der Waals surface area (Å²) >= 11 is 2.10. The molecule has 1 rings (SSSR count). The molecule has 0 aromatic heterocycles. The van der Waals surface area contributed by atoms with Gasteiger partial charge in [0.25, 0.3) is 0 Å². The van der Waals surface area contributed by atoms with Gasteiger partial charge in [-0.15, -0.1) is 0 Å². The third-order valence-corrected chi connectivity index (χ3v) is 1.55. The Balaban J connectivity index is 2.89. The number of benzene rings is 1. The quantitative estimate of drug-likeness (QED) is 0.498. The molecule has 0 saturated carbocycles. The van der Waals surface area contributed by atoms with Crippen molar-refractivity contribution in [2.45, 2.75) is 0 Å². The van der Waals surface area contributed by atoms with E-state index in [9.17, 15) is 0 Å². The zero-order chi connectivity index (χ0) is 7.56. The van der Waals surface area contributed by atoms with Crippen LogP contribution in [0.25, 0.3) is 0 Å². The standard InChI is InChI=1S/C8H10N.Li/c1-9(2)8-6-4-3-5-7-8;/h4-7H,1-2H3;. The van der Waals surface area contributed by atoms with Crippen LogP contribution in [0, 0.1) is 0 Å². The Hall–Kier alpha value is -0.383. The van der Waals surface area contributed by atoms with Gasteiger partial charge in [0, 0.05) is 0 Å². The molecule has 0 fully saturated rings. The molecule has 0 saturated heterocycles. The van der Waals surface area contributed by atoms with Gasteiger partial charge in [-0.2, -0.15) is 0 Å². The van der Waals surface area contributed by atoms with Gasteiger partial charge in [0.1, 0.15) is 0 Å². The van der Waals surface area contributed by atoms with Gasteiger partial charge in [-0.1, -0.05) is 0 Å². The molecule has 1 nitrogen and oxygen atoms in total. The second-order valence-corrected chi connectivity index (χ2v) is 2.73. The molecule has 0 heterocycles. The summed E-state index contributed by atoms with van der Waals surface area (Å²) in [6.07, 6.45) is 0. The van der Waals surface area contributed by atoms with Crippen LogP contribution in [0.1, 0.15) is 0 Å². The minimum absolute atomic E-state index is 1.26. The summed E-state index contributed by atoms with van der Waals surface area (Å²) in [5, 5.41) is 0. The summed E-state index contributed by atoms with van der Waals surface area (Å²) < 4.78 is 1.31. The van der Waals surface area contributed by atoms with E-state index in [4.69, 9.17) is 0 Å². The molecule has 1 aromatic rings. The second-order valence-electron chi connectivity index (χ2n) is 2.73. The van der Waals surface area contributed by atoms with Gasteiger partial charge < -0.3 is 0 Å². The van der Waals surface area contributed by atoms with Crippen molar-refractivity contribution in [2.24, 2.45) is 0 Å². The molecule has 0 atom stereocenters. The molecule has 0 unspecified atom stereocenters. The average molecular weight is 127 g/mol. The van der Waals surface area contributed by atoms with Crippen LogP contribution in [0.15, 0.2) is 24.3 Å². The van der Waals surface area contributed by atoms with Gasteiger partial charge in [-0.05, 0) is 0 Å². The normalized spacial score (nSPS) is 9.60. The van der Waals surface area contributed by atoms with E-state index < -0.39 is 0 Å². The van der Waals surface area contributed by atoms with E-state index in [1.807, 2.05) is 14.1 Å². The molecule has 48 valence electrons. The summed E-state index contributed by atoms with van der Waals surface area (Å²) in [6, 6.07) is 8.48. The van der Waals surface area contributed by atoms with Crippen LogP contribution < -0.4 is 9.14 Å². The Morgan fingerprint density at radius 1 is 1.10 bits per heavy atom. The van der Waals surface area contributed by atoms with E-state index in [0.717, 1.165) is 0 Å². The van der Waals surface area contributed by atoms with Gasteiger partial charge in [-0.25, -0.2) is 0 Å². The van der Waals surface area contributed by atoms with Crippen LogP contribution in [-0.4, -0.2) is 31.8 Å². The van der Waals surface area contributed by atoms with E-state index in [2.05, 4.69) is 46.9 Å². The van der Waals surface area contributed by atoms with E-state index in [-0.39, 0.29) is 0 Å². The van der Waals surface area contributed by atoms with Crippen molar-refractivity contribution < 1.29 is 0 Å². The first-order valence-corrected chi connectivity index (χ1v) is 3.44. The third kappa shape index (κ3) is 1.80. The second kappa shape index (κ2) is 3.14. The molecular weight excluding hydrogens is 117 g/mol. The first kappa shape index (κ1) is 7.72. The van der Waals surface area contributed by atoms with E-state index in [1.165, 1.54) is 9.92 Å². The molecule has 2 heteroatoms. The van der Waals surface area contributed by atoms with Crippen LogP contribution >= 0.6 is 0 Å². The van der Waals surface area contributed by atoms with E-state index in [1.54, 1.807) is 0 Å². The Kier molecular flexibility index (Phi) is 2.43. The molecule has 10 heavy (non-hydrogen) atoms. The summed E-state index contributed by atoms with van der Waals surface area (Å²) in [6.45, 7) is 0. The van der Waals surface area contributed by atoms with Gasteiger partial charge in [-0.3, -0.25) is 0 Å². The van der Waals surface area contributed by atoms with Gasteiger partial charge in [0.05, 0.1) is 0 Å². The minimum atomic E-state index is 1.26. The van der Waals surface area contributed by atoms with Crippen molar-refractivity contribution in [3.8, 4) is 0 Å². The molecule has 0 spiro atoms. The molecule has 0 N–H and O–H groups in total. The summed E-state index contributed by atoms with van der Waals surface area (Å²) in [7, 11) is 4.09. The van der Waals surface area contributed by atoms with Crippen LogP contribution in [0.4, 0.5) is 5.69 Å². The molecule has 0 aliphatic carbocycles. The fourth-order valence-corrected chi connectivity index (χ4v) is 0.843. The zero-order valence-corrected chi connectivity index (χ0v) is 6.76. The first-order valence-electron chi connectivity index (χ1n) is 3.44. The number of hydrogen-bond donors (Lipinski definition) is 0. The van der Waals surface area contributed by atoms with Crippen LogP contribution in [0.2, 0.25) is 0 Å². The summed E-state index contributed by atoms with van der Waals surface area (Å²) in [5.74, 6) is 0. The maximum atomic E-state index is 2.12. The summed E-state index contributed by atoms with van der Waals surface area (Å²) in [4.78, 5) is 2.10. The number of hydrogen-bond acceptors (Lipinski definition) is 1. The molecule has 0 radical (unpaired) electrons. The van der Waals surface area contributed by atoms with E-state index >= 15 is 0 Å². The van der Waals surface area contributed by atoms with Crippen LogP contribution in [0.3, 0.4) is 0 Å². The van der Waals surface area contributed by atoms with Crippen molar-refractivity contribution >= 4 is 27.6 Å². The van der Waals surface area contributed by atoms with Gasteiger partial charge >= 0.3 is 70.9 Å². The third-order valence-electron chi connectivity index (χ3n) is 1.55. The Labute approximate surface area is 71.2 Å². The zero-order valence-electron chi connectivity index (χ0n) is 6.76. The van der Waals surface area contributed by atoms with Gasteiger partial charge in [0.15, 0.2) is 0 Å². The number of anilines is 1. The fraction of sp³-hybridized carbons (Fsp3) is 0.250. The van der Waals surface area contributed by atoms with Crippen LogP contribution in [-0.2, 0) is 0 Å². The van der Waals surface area contributed by atoms with E-state index in [0.29, 0.717) is 0 Å². The predicted molar refractivity (Wildman–Crippen MR) is 46.2 cm³/mol. The first-order chi connectivity index (χ1) is 4.70. The SMILES string of the molecule is [Li][c]1ccc(N(C)C)cc1. The van der Waals surface area contributed by atoms with Crippen molar-refractivity contribution in [3.05, 3.63) is 24.3 Å².